The summed E-state index contributed by atoms with van der Waals surface area (Å²) in [5.41, 5.74) is 0.976. The molecule has 0 radical (unpaired) electrons. The number of hydrogen-bond acceptors (Lipinski definition) is 3. The van der Waals surface area contributed by atoms with Gasteiger partial charge in [-0.1, -0.05) is 37.9 Å². The lowest BCUT2D eigenvalue weighted by Gasteiger charge is -2.24. The van der Waals surface area contributed by atoms with Crippen LogP contribution in [-0.2, 0) is 4.79 Å². The molecule has 0 aliphatic heterocycles. The van der Waals surface area contributed by atoms with Gasteiger partial charge in [0.1, 0.15) is 0 Å². The predicted octanol–water partition coefficient (Wildman–Crippen LogP) is 3.51. The van der Waals surface area contributed by atoms with Crippen LogP contribution in [0.3, 0.4) is 0 Å². The van der Waals surface area contributed by atoms with E-state index in [4.69, 9.17) is 5.11 Å². The van der Waals surface area contributed by atoms with Crippen molar-refractivity contribution in [2.24, 2.45) is 5.92 Å². The van der Waals surface area contributed by atoms with Crippen LogP contribution in [-0.4, -0.2) is 26.4 Å². The van der Waals surface area contributed by atoms with Crippen molar-refractivity contribution in [1.82, 2.24) is 9.55 Å². The molecule has 1 fully saturated rings. The molecule has 1 aromatic rings. The van der Waals surface area contributed by atoms with E-state index >= 15 is 0 Å². The molecule has 1 heterocycles. The summed E-state index contributed by atoms with van der Waals surface area (Å²) < 4.78 is 2.22. The van der Waals surface area contributed by atoms with Crippen LogP contribution in [0.1, 0.15) is 50.8 Å². The number of aryl methyl sites for hydroxylation is 1. The molecule has 1 aromatic heterocycles. The Morgan fingerprint density at radius 1 is 1.47 bits per heavy atom. The molecule has 19 heavy (non-hydrogen) atoms. The highest BCUT2D eigenvalue weighted by atomic mass is 32.2. The highest BCUT2D eigenvalue weighted by Crippen LogP contribution is 2.35. The van der Waals surface area contributed by atoms with E-state index < -0.39 is 5.97 Å². The third-order valence-electron chi connectivity index (χ3n) is 3.82. The lowest BCUT2D eigenvalue weighted by Crippen LogP contribution is -2.16. The number of carboxylic acid groups (broad SMARTS) is 1. The maximum absolute atomic E-state index is 10.7. The van der Waals surface area contributed by atoms with Crippen LogP contribution in [0.5, 0.6) is 0 Å². The number of imidazole rings is 1. The molecule has 2 atom stereocenters. The van der Waals surface area contributed by atoms with Gasteiger partial charge >= 0.3 is 5.97 Å². The first-order valence-corrected chi connectivity index (χ1v) is 7.96. The minimum atomic E-state index is -0.786. The Balaban J connectivity index is 2.19. The second-order valence-corrected chi connectivity index (χ2v) is 6.38. The normalized spacial score (nSPS) is 24.1. The number of aromatic nitrogens is 2. The van der Waals surface area contributed by atoms with Gasteiger partial charge in [-0.3, -0.25) is 4.79 Å². The van der Waals surface area contributed by atoms with Crippen molar-refractivity contribution in [2.45, 2.75) is 57.1 Å². The molecule has 4 nitrogen and oxygen atoms in total. The highest BCUT2D eigenvalue weighted by molar-refractivity contribution is 7.99. The van der Waals surface area contributed by atoms with Gasteiger partial charge in [-0.25, -0.2) is 4.98 Å². The summed E-state index contributed by atoms with van der Waals surface area (Å²) >= 11 is 1.33. The monoisotopic (exact) mass is 282 g/mol. The molecule has 1 N–H and O–H groups in total. The lowest BCUT2D eigenvalue weighted by atomic mass is 9.97. The minimum Gasteiger partial charge on any atom is -0.481 e. The van der Waals surface area contributed by atoms with Crippen molar-refractivity contribution in [2.75, 3.05) is 5.75 Å². The number of thioether (sulfide) groups is 1. The van der Waals surface area contributed by atoms with Gasteiger partial charge < -0.3 is 9.67 Å². The summed E-state index contributed by atoms with van der Waals surface area (Å²) in [6.07, 6.45) is 8.39. The van der Waals surface area contributed by atoms with Crippen molar-refractivity contribution in [3.8, 4) is 0 Å². The molecule has 1 aliphatic carbocycles. The van der Waals surface area contributed by atoms with E-state index in [9.17, 15) is 4.79 Å². The zero-order chi connectivity index (χ0) is 13.8. The van der Waals surface area contributed by atoms with Gasteiger partial charge in [0.05, 0.1) is 11.4 Å². The van der Waals surface area contributed by atoms with Crippen LogP contribution >= 0.6 is 11.8 Å². The molecule has 5 heteroatoms. The molecule has 2 unspecified atom stereocenters. The Morgan fingerprint density at radius 2 is 2.21 bits per heavy atom. The molecule has 1 aliphatic rings. The number of aliphatic carboxylic acids is 1. The molecular formula is C14H22N2O2S. The van der Waals surface area contributed by atoms with Gasteiger partial charge in [0.25, 0.3) is 0 Å². The largest absolute Gasteiger partial charge is 0.481 e. The number of hydrogen-bond donors (Lipinski definition) is 1. The summed E-state index contributed by atoms with van der Waals surface area (Å²) in [5, 5.41) is 9.68. The first-order chi connectivity index (χ1) is 9.08. The fraction of sp³-hybridized carbons (Fsp3) is 0.714. The fourth-order valence-electron chi connectivity index (χ4n) is 2.85. The van der Waals surface area contributed by atoms with Crippen molar-refractivity contribution < 1.29 is 9.90 Å². The van der Waals surface area contributed by atoms with Crippen molar-refractivity contribution in [3.63, 3.8) is 0 Å². The molecule has 0 bridgehead atoms. The van der Waals surface area contributed by atoms with Gasteiger partial charge in [-0.2, -0.15) is 0 Å². The second kappa shape index (κ2) is 6.46. The Hall–Kier alpha value is -0.970. The van der Waals surface area contributed by atoms with Crippen LogP contribution in [0.4, 0.5) is 0 Å². The highest BCUT2D eigenvalue weighted by Gasteiger charge is 2.24. The van der Waals surface area contributed by atoms with Crippen LogP contribution in [0.2, 0.25) is 0 Å². The Morgan fingerprint density at radius 3 is 2.95 bits per heavy atom. The van der Waals surface area contributed by atoms with E-state index in [1.165, 1.54) is 43.9 Å². The van der Waals surface area contributed by atoms with E-state index in [1.807, 2.05) is 6.92 Å². The lowest BCUT2D eigenvalue weighted by molar-refractivity contribution is -0.133. The van der Waals surface area contributed by atoms with E-state index in [1.54, 1.807) is 0 Å². The van der Waals surface area contributed by atoms with Crippen molar-refractivity contribution in [1.29, 1.82) is 0 Å². The SMILES string of the molecule is Cc1cn(C2CCCCCC2C)c(SCC(=O)O)n1. The first kappa shape index (κ1) is 14.4. The van der Waals surface area contributed by atoms with Gasteiger partial charge in [0.15, 0.2) is 5.16 Å². The quantitative estimate of drug-likeness (QED) is 0.678. The number of nitrogens with zero attached hydrogens (tertiary/aromatic N) is 2. The van der Waals surface area contributed by atoms with Crippen LogP contribution in [0, 0.1) is 12.8 Å². The third kappa shape index (κ3) is 3.75. The summed E-state index contributed by atoms with van der Waals surface area (Å²) in [4.78, 5) is 15.2. The standard InChI is InChI=1S/C14H22N2O2S/c1-10-6-4-3-5-7-12(10)16-8-11(2)15-14(16)19-9-13(17)18/h8,10,12H,3-7,9H2,1-2H3,(H,17,18). The molecule has 106 valence electrons. The molecule has 1 saturated carbocycles. The van der Waals surface area contributed by atoms with Crippen LogP contribution < -0.4 is 0 Å². The van der Waals surface area contributed by atoms with E-state index in [-0.39, 0.29) is 5.75 Å². The molecule has 0 spiro atoms. The first-order valence-electron chi connectivity index (χ1n) is 6.98. The fourth-order valence-corrected chi connectivity index (χ4v) is 3.65. The van der Waals surface area contributed by atoms with Crippen molar-refractivity contribution >= 4 is 17.7 Å². The summed E-state index contributed by atoms with van der Waals surface area (Å²) in [6, 6.07) is 0.472. The molecule has 0 amide bonds. The maximum atomic E-state index is 10.7. The summed E-state index contributed by atoms with van der Waals surface area (Å²) in [7, 11) is 0. The number of carboxylic acids is 1. The summed E-state index contributed by atoms with van der Waals surface area (Å²) in [6.45, 7) is 4.28. The van der Waals surface area contributed by atoms with E-state index in [0.29, 0.717) is 12.0 Å². The van der Waals surface area contributed by atoms with Crippen LogP contribution in [0.25, 0.3) is 0 Å². The average molecular weight is 282 g/mol. The predicted molar refractivity (Wildman–Crippen MR) is 76.6 cm³/mol. The summed E-state index contributed by atoms with van der Waals surface area (Å²) in [5.74, 6) is -0.0659. The Kier molecular flexibility index (Phi) is 4.91. The molecule has 0 saturated heterocycles. The second-order valence-electron chi connectivity index (χ2n) is 5.44. The zero-order valence-corrected chi connectivity index (χ0v) is 12.4. The van der Waals surface area contributed by atoms with Gasteiger partial charge in [0, 0.05) is 12.2 Å². The van der Waals surface area contributed by atoms with E-state index in [2.05, 4.69) is 22.7 Å². The van der Waals surface area contributed by atoms with Gasteiger partial charge in [-0.15, -0.1) is 0 Å². The Labute approximate surface area is 118 Å². The smallest absolute Gasteiger partial charge is 0.313 e. The Bertz CT molecular complexity index is 445. The average Bonchev–Trinajstić information content (AvgIpc) is 2.57. The number of carbonyl (C=O) groups is 1. The minimum absolute atomic E-state index is 0.0809. The topological polar surface area (TPSA) is 55.1 Å². The van der Waals surface area contributed by atoms with Gasteiger partial charge in [-0.05, 0) is 25.7 Å². The maximum Gasteiger partial charge on any atom is 0.313 e. The zero-order valence-electron chi connectivity index (χ0n) is 11.6. The molecule has 2 rings (SSSR count). The van der Waals surface area contributed by atoms with Crippen LogP contribution in [0.15, 0.2) is 11.4 Å². The molecular weight excluding hydrogens is 260 g/mol. The van der Waals surface area contributed by atoms with Crippen molar-refractivity contribution in [3.05, 3.63) is 11.9 Å². The van der Waals surface area contributed by atoms with Gasteiger partial charge in [0.2, 0.25) is 0 Å². The van der Waals surface area contributed by atoms with E-state index in [0.717, 1.165) is 10.9 Å². The number of rotatable bonds is 4. The third-order valence-corrected chi connectivity index (χ3v) is 4.77. The molecule has 0 aromatic carbocycles.